The summed E-state index contributed by atoms with van der Waals surface area (Å²) in [6.07, 6.45) is 6.15. The van der Waals surface area contributed by atoms with Crippen molar-refractivity contribution >= 4 is 23.8 Å². The highest BCUT2D eigenvalue weighted by Crippen LogP contribution is 2.30. The van der Waals surface area contributed by atoms with E-state index in [9.17, 15) is 14.7 Å². The monoisotopic (exact) mass is 314 g/mol. The number of hydrogen-bond acceptors (Lipinski definition) is 3. The van der Waals surface area contributed by atoms with Crippen molar-refractivity contribution in [2.75, 3.05) is 24.6 Å². The van der Waals surface area contributed by atoms with Crippen LogP contribution in [0.25, 0.3) is 0 Å². The molecule has 0 radical (unpaired) electrons. The second kappa shape index (κ2) is 7.92. The number of carbonyl (C=O) groups is 2. The lowest BCUT2D eigenvalue weighted by Gasteiger charge is -2.33. The number of carboxylic acids is 1. The summed E-state index contributed by atoms with van der Waals surface area (Å²) in [6.45, 7) is 3.48. The Morgan fingerprint density at radius 2 is 2.19 bits per heavy atom. The summed E-state index contributed by atoms with van der Waals surface area (Å²) in [5.74, 6) is 1.91. The van der Waals surface area contributed by atoms with E-state index >= 15 is 0 Å². The Morgan fingerprint density at radius 3 is 2.90 bits per heavy atom. The second-order valence-corrected chi connectivity index (χ2v) is 7.43. The number of nitrogens with one attached hydrogen (secondary N) is 1. The number of amides is 2. The van der Waals surface area contributed by atoms with Gasteiger partial charge in [-0.05, 0) is 24.7 Å². The largest absolute Gasteiger partial charge is 0.480 e. The molecule has 0 aromatic rings. The summed E-state index contributed by atoms with van der Waals surface area (Å²) in [7, 11) is 0. The van der Waals surface area contributed by atoms with E-state index in [1.807, 2.05) is 0 Å². The highest BCUT2D eigenvalue weighted by molar-refractivity contribution is 7.99. The normalized spacial score (nSPS) is 30.0. The first-order chi connectivity index (χ1) is 10.1. The molecule has 2 N–H and O–H groups in total. The highest BCUT2D eigenvalue weighted by Gasteiger charge is 2.32. The van der Waals surface area contributed by atoms with E-state index < -0.39 is 12.0 Å². The Morgan fingerprint density at radius 1 is 1.38 bits per heavy atom. The fourth-order valence-corrected chi connectivity index (χ4v) is 4.40. The van der Waals surface area contributed by atoms with E-state index in [1.54, 1.807) is 11.8 Å². The number of thioether (sulfide) groups is 1. The van der Waals surface area contributed by atoms with Crippen LogP contribution in [-0.2, 0) is 4.79 Å². The van der Waals surface area contributed by atoms with Crippen LogP contribution in [0.15, 0.2) is 0 Å². The molecule has 2 aliphatic rings. The zero-order chi connectivity index (χ0) is 15.2. The van der Waals surface area contributed by atoms with Gasteiger partial charge in [-0.1, -0.05) is 26.2 Å². The maximum absolute atomic E-state index is 12.2. The van der Waals surface area contributed by atoms with Crippen molar-refractivity contribution in [3.63, 3.8) is 0 Å². The molecule has 21 heavy (non-hydrogen) atoms. The fraction of sp³-hybridized carbons (Fsp3) is 0.867. The predicted octanol–water partition coefficient (Wildman–Crippen LogP) is 2.41. The lowest BCUT2D eigenvalue weighted by molar-refractivity contribution is -0.141. The average molecular weight is 314 g/mol. The zero-order valence-corrected chi connectivity index (χ0v) is 13.5. The third kappa shape index (κ3) is 4.80. The summed E-state index contributed by atoms with van der Waals surface area (Å²) in [4.78, 5) is 24.8. The van der Waals surface area contributed by atoms with E-state index in [-0.39, 0.29) is 6.03 Å². The van der Waals surface area contributed by atoms with Gasteiger partial charge < -0.3 is 15.3 Å². The lowest BCUT2D eigenvalue weighted by Crippen LogP contribution is -2.54. The van der Waals surface area contributed by atoms with Gasteiger partial charge in [0.15, 0.2) is 0 Å². The van der Waals surface area contributed by atoms with Crippen LogP contribution < -0.4 is 5.32 Å². The first-order valence-electron chi connectivity index (χ1n) is 7.93. The second-order valence-electron chi connectivity index (χ2n) is 6.28. The number of rotatable bonds is 4. The van der Waals surface area contributed by atoms with E-state index in [2.05, 4.69) is 12.2 Å². The summed E-state index contributed by atoms with van der Waals surface area (Å²) < 4.78 is 0. The van der Waals surface area contributed by atoms with Gasteiger partial charge in [0.05, 0.1) is 0 Å². The number of nitrogens with zero attached hydrogens (tertiary/aromatic N) is 1. The minimum absolute atomic E-state index is 0.216. The van der Waals surface area contributed by atoms with Gasteiger partial charge in [-0.3, -0.25) is 0 Å². The van der Waals surface area contributed by atoms with Gasteiger partial charge in [-0.25, -0.2) is 9.59 Å². The molecule has 1 heterocycles. The van der Waals surface area contributed by atoms with Crippen LogP contribution in [-0.4, -0.2) is 52.6 Å². The highest BCUT2D eigenvalue weighted by atomic mass is 32.2. The third-order valence-corrected chi connectivity index (χ3v) is 5.57. The molecule has 6 heteroatoms. The summed E-state index contributed by atoms with van der Waals surface area (Å²) >= 11 is 1.60. The molecular weight excluding hydrogens is 288 g/mol. The Hall–Kier alpha value is -0.910. The van der Waals surface area contributed by atoms with Gasteiger partial charge in [0.25, 0.3) is 0 Å². The molecule has 1 aliphatic carbocycles. The Bertz CT molecular complexity index is 378. The maximum Gasteiger partial charge on any atom is 0.327 e. The predicted molar refractivity (Wildman–Crippen MR) is 84.6 cm³/mol. The molecule has 3 atom stereocenters. The van der Waals surface area contributed by atoms with Crippen LogP contribution in [0.5, 0.6) is 0 Å². The van der Waals surface area contributed by atoms with Crippen LogP contribution in [0.3, 0.4) is 0 Å². The third-order valence-electron chi connectivity index (χ3n) is 4.55. The van der Waals surface area contributed by atoms with Crippen LogP contribution in [0, 0.1) is 11.8 Å². The quantitative estimate of drug-likeness (QED) is 0.836. The molecular formula is C15H26N2O3S. The molecule has 0 spiro atoms. The molecule has 5 nitrogen and oxygen atoms in total. The van der Waals surface area contributed by atoms with Crippen molar-refractivity contribution in [3.05, 3.63) is 0 Å². The fourth-order valence-electron chi connectivity index (χ4n) is 3.36. The minimum atomic E-state index is -0.904. The average Bonchev–Trinajstić information content (AvgIpc) is 2.47. The number of hydrogen-bond donors (Lipinski definition) is 2. The molecule has 0 aromatic heterocycles. The van der Waals surface area contributed by atoms with E-state index in [1.165, 1.54) is 30.6 Å². The molecule has 3 unspecified atom stereocenters. The van der Waals surface area contributed by atoms with Gasteiger partial charge >= 0.3 is 12.0 Å². The van der Waals surface area contributed by atoms with Gasteiger partial charge in [0.2, 0.25) is 0 Å². The summed E-state index contributed by atoms with van der Waals surface area (Å²) in [5, 5.41) is 12.1. The van der Waals surface area contributed by atoms with Gasteiger partial charge in [0.1, 0.15) is 6.04 Å². The zero-order valence-electron chi connectivity index (χ0n) is 12.7. The van der Waals surface area contributed by atoms with Gasteiger partial charge in [-0.15, -0.1) is 0 Å². The van der Waals surface area contributed by atoms with Crippen molar-refractivity contribution in [2.45, 2.75) is 45.1 Å². The SMILES string of the molecule is CC1CCCC(CCNC(=O)N2CCSCC2C(=O)O)C1. The minimum Gasteiger partial charge on any atom is -0.480 e. The molecule has 1 saturated heterocycles. The number of carbonyl (C=O) groups excluding carboxylic acids is 1. The van der Waals surface area contributed by atoms with Crippen molar-refractivity contribution in [1.82, 2.24) is 10.2 Å². The van der Waals surface area contributed by atoms with E-state index in [0.717, 1.165) is 18.1 Å². The smallest absolute Gasteiger partial charge is 0.327 e. The van der Waals surface area contributed by atoms with Crippen LogP contribution >= 0.6 is 11.8 Å². The van der Waals surface area contributed by atoms with Crippen molar-refractivity contribution in [3.8, 4) is 0 Å². The first kappa shape index (κ1) is 16.5. The molecule has 0 bridgehead atoms. The number of carboxylic acid groups (broad SMARTS) is 1. The molecule has 120 valence electrons. The maximum atomic E-state index is 12.2. The molecule has 0 aromatic carbocycles. The van der Waals surface area contributed by atoms with Crippen LogP contribution in [0.4, 0.5) is 4.79 Å². The Labute approximate surface area is 130 Å². The Kier molecular flexibility index (Phi) is 6.21. The molecule has 2 amide bonds. The number of aliphatic carboxylic acids is 1. The van der Waals surface area contributed by atoms with E-state index in [0.29, 0.717) is 24.8 Å². The summed E-state index contributed by atoms with van der Waals surface area (Å²) in [6, 6.07) is -0.898. The standard InChI is InChI=1S/C15H26N2O3S/c1-11-3-2-4-12(9-11)5-6-16-15(20)17-7-8-21-10-13(17)14(18)19/h11-13H,2-10H2,1H3,(H,16,20)(H,18,19). The first-order valence-corrected chi connectivity index (χ1v) is 9.08. The summed E-state index contributed by atoms with van der Waals surface area (Å²) in [5.41, 5.74) is 0. The molecule has 2 rings (SSSR count). The molecule has 1 saturated carbocycles. The topological polar surface area (TPSA) is 69.6 Å². The van der Waals surface area contributed by atoms with Crippen LogP contribution in [0.1, 0.15) is 39.0 Å². The lowest BCUT2D eigenvalue weighted by atomic mass is 9.81. The van der Waals surface area contributed by atoms with Crippen molar-refractivity contribution in [1.29, 1.82) is 0 Å². The van der Waals surface area contributed by atoms with E-state index in [4.69, 9.17) is 0 Å². The van der Waals surface area contributed by atoms with Crippen LogP contribution in [0.2, 0.25) is 0 Å². The number of urea groups is 1. The molecule has 1 aliphatic heterocycles. The van der Waals surface area contributed by atoms with Gasteiger partial charge in [-0.2, -0.15) is 11.8 Å². The van der Waals surface area contributed by atoms with Crippen molar-refractivity contribution < 1.29 is 14.7 Å². The molecule has 2 fully saturated rings. The Balaban J connectivity index is 1.74. The van der Waals surface area contributed by atoms with Gasteiger partial charge in [0, 0.05) is 24.6 Å². The van der Waals surface area contributed by atoms with Crippen molar-refractivity contribution in [2.24, 2.45) is 11.8 Å².